The van der Waals surface area contributed by atoms with Crippen LogP contribution in [0.25, 0.3) is 11.6 Å². The Labute approximate surface area is 177 Å². The van der Waals surface area contributed by atoms with Crippen LogP contribution < -0.4 is 4.74 Å². The highest BCUT2D eigenvalue weighted by Crippen LogP contribution is 2.29. The molecule has 3 aromatic carbocycles. The van der Waals surface area contributed by atoms with Crippen molar-refractivity contribution in [2.75, 3.05) is 0 Å². The van der Waals surface area contributed by atoms with Gasteiger partial charge in [0.15, 0.2) is 0 Å². The van der Waals surface area contributed by atoms with Gasteiger partial charge in [-0.2, -0.15) is 5.26 Å². The quantitative estimate of drug-likeness (QED) is 0.191. The minimum atomic E-state index is -0.429. The van der Waals surface area contributed by atoms with E-state index in [-0.39, 0.29) is 12.3 Å². The largest absolute Gasteiger partial charge is 0.488 e. The summed E-state index contributed by atoms with van der Waals surface area (Å²) in [4.78, 5) is 10.5. The van der Waals surface area contributed by atoms with Gasteiger partial charge in [0.2, 0.25) is 0 Å². The Hall–Kier alpha value is -3.43. The van der Waals surface area contributed by atoms with E-state index in [1.807, 2.05) is 49.4 Å². The Morgan fingerprint density at radius 3 is 2.59 bits per heavy atom. The standard InChI is InChI=1S/C23H17BrN2O3/c1-16-5-8-19(9-6-16)20(14-25)11-17-7-10-23(22(24)13-17)29-15-18-3-2-4-21(12-18)26(27)28/h2-13H,15H2,1H3/b20-11-. The van der Waals surface area contributed by atoms with Crippen molar-refractivity contribution in [1.29, 1.82) is 5.26 Å². The van der Waals surface area contributed by atoms with Crippen LogP contribution in [0.4, 0.5) is 5.69 Å². The summed E-state index contributed by atoms with van der Waals surface area (Å²) in [6.45, 7) is 2.21. The van der Waals surface area contributed by atoms with Gasteiger partial charge in [0.05, 0.1) is 21.0 Å². The van der Waals surface area contributed by atoms with Crippen LogP contribution in [-0.2, 0) is 6.61 Å². The molecule has 0 fully saturated rings. The number of halogens is 1. The lowest BCUT2D eigenvalue weighted by Crippen LogP contribution is -1.97. The number of rotatable bonds is 6. The van der Waals surface area contributed by atoms with Gasteiger partial charge in [-0.3, -0.25) is 10.1 Å². The van der Waals surface area contributed by atoms with Crippen molar-refractivity contribution in [3.63, 3.8) is 0 Å². The minimum Gasteiger partial charge on any atom is -0.488 e. The number of benzene rings is 3. The van der Waals surface area contributed by atoms with Gasteiger partial charge < -0.3 is 4.74 Å². The van der Waals surface area contributed by atoms with Gasteiger partial charge in [-0.05, 0) is 57.8 Å². The number of non-ortho nitro benzene ring substituents is 1. The zero-order valence-electron chi connectivity index (χ0n) is 15.6. The topological polar surface area (TPSA) is 76.2 Å². The van der Waals surface area contributed by atoms with Crippen molar-refractivity contribution in [3.8, 4) is 11.8 Å². The number of nitro benzene ring substituents is 1. The van der Waals surface area contributed by atoms with E-state index in [9.17, 15) is 15.4 Å². The zero-order valence-corrected chi connectivity index (χ0v) is 17.2. The van der Waals surface area contributed by atoms with E-state index in [2.05, 4.69) is 22.0 Å². The van der Waals surface area contributed by atoms with Crippen LogP contribution in [0.3, 0.4) is 0 Å². The molecule has 0 N–H and O–H groups in total. The maximum Gasteiger partial charge on any atom is 0.269 e. The number of hydrogen-bond donors (Lipinski definition) is 0. The maximum atomic E-state index is 10.9. The van der Waals surface area contributed by atoms with E-state index in [1.165, 1.54) is 12.1 Å². The third-order valence-electron chi connectivity index (χ3n) is 4.27. The summed E-state index contributed by atoms with van der Waals surface area (Å²) in [5, 5.41) is 20.4. The average Bonchev–Trinajstić information content (AvgIpc) is 2.72. The fourth-order valence-corrected chi connectivity index (χ4v) is 3.24. The second-order valence-corrected chi connectivity index (χ2v) is 7.30. The fourth-order valence-electron chi connectivity index (χ4n) is 2.72. The molecule has 3 rings (SSSR count). The smallest absolute Gasteiger partial charge is 0.269 e. The first-order chi connectivity index (χ1) is 14.0. The SMILES string of the molecule is Cc1ccc(/C(C#N)=C\c2ccc(OCc3cccc([N+](=O)[O-])c3)c(Br)c2)cc1. The summed E-state index contributed by atoms with van der Waals surface area (Å²) < 4.78 is 6.52. The van der Waals surface area contributed by atoms with Crippen molar-refractivity contribution < 1.29 is 9.66 Å². The normalized spacial score (nSPS) is 11.0. The van der Waals surface area contributed by atoms with Gasteiger partial charge in [-0.15, -0.1) is 0 Å². The summed E-state index contributed by atoms with van der Waals surface area (Å²) in [7, 11) is 0. The van der Waals surface area contributed by atoms with E-state index in [4.69, 9.17) is 4.74 Å². The molecule has 5 nitrogen and oxygen atoms in total. The Balaban J connectivity index is 1.76. The lowest BCUT2D eigenvalue weighted by atomic mass is 10.0. The predicted molar refractivity (Wildman–Crippen MR) is 116 cm³/mol. The summed E-state index contributed by atoms with van der Waals surface area (Å²) in [5.41, 5.74) is 4.17. The van der Waals surface area contributed by atoms with Gasteiger partial charge in [-0.1, -0.05) is 48.0 Å². The number of hydrogen-bond acceptors (Lipinski definition) is 4. The number of nitrogens with zero attached hydrogens (tertiary/aromatic N) is 2. The van der Waals surface area contributed by atoms with Gasteiger partial charge >= 0.3 is 0 Å². The van der Waals surface area contributed by atoms with Crippen LogP contribution in [0.2, 0.25) is 0 Å². The molecule has 0 aliphatic heterocycles. The van der Waals surface area contributed by atoms with Crippen LogP contribution in [-0.4, -0.2) is 4.92 Å². The predicted octanol–water partition coefficient (Wildman–Crippen LogP) is 6.31. The number of allylic oxidation sites excluding steroid dienone is 1. The highest BCUT2D eigenvalue weighted by molar-refractivity contribution is 9.10. The first-order valence-corrected chi connectivity index (χ1v) is 9.60. The summed E-state index contributed by atoms with van der Waals surface area (Å²) >= 11 is 3.49. The third kappa shape index (κ3) is 5.31. The summed E-state index contributed by atoms with van der Waals surface area (Å²) in [6.07, 6.45) is 1.82. The molecule has 0 aliphatic carbocycles. The highest BCUT2D eigenvalue weighted by atomic mass is 79.9. The Kier molecular flexibility index (Phi) is 6.43. The van der Waals surface area contributed by atoms with Gasteiger partial charge in [-0.25, -0.2) is 0 Å². The molecule has 0 unspecified atom stereocenters. The van der Waals surface area contributed by atoms with E-state index >= 15 is 0 Å². The molecule has 0 bridgehead atoms. The molecule has 0 saturated heterocycles. The van der Waals surface area contributed by atoms with Crippen LogP contribution in [0, 0.1) is 28.4 Å². The van der Waals surface area contributed by atoms with E-state index in [1.54, 1.807) is 18.2 Å². The molecule has 0 aromatic heterocycles. The first kappa shape index (κ1) is 20.3. The van der Waals surface area contributed by atoms with Crippen LogP contribution >= 0.6 is 15.9 Å². The Morgan fingerprint density at radius 2 is 1.93 bits per heavy atom. The van der Waals surface area contributed by atoms with Crippen molar-refractivity contribution in [2.24, 2.45) is 0 Å². The van der Waals surface area contributed by atoms with Crippen molar-refractivity contribution in [2.45, 2.75) is 13.5 Å². The lowest BCUT2D eigenvalue weighted by molar-refractivity contribution is -0.384. The monoisotopic (exact) mass is 448 g/mol. The van der Waals surface area contributed by atoms with Crippen LogP contribution in [0.1, 0.15) is 22.3 Å². The van der Waals surface area contributed by atoms with Crippen LogP contribution in [0.15, 0.2) is 71.2 Å². The summed E-state index contributed by atoms with van der Waals surface area (Å²) in [5.74, 6) is 0.613. The number of nitro groups is 1. The summed E-state index contributed by atoms with van der Waals surface area (Å²) in [6, 6.07) is 21.9. The van der Waals surface area contributed by atoms with Crippen molar-refractivity contribution in [3.05, 3.63) is 104 Å². The molecular weight excluding hydrogens is 432 g/mol. The molecule has 0 saturated carbocycles. The van der Waals surface area contributed by atoms with Gasteiger partial charge in [0, 0.05) is 12.1 Å². The maximum absolute atomic E-state index is 10.9. The Morgan fingerprint density at radius 1 is 1.17 bits per heavy atom. The number of aryl methyl sites for hydroxylation is 1. The van der Waals surface area contributed by atoms with E-state index in [0.717, 1.165) is 21.2 Å². The number of ether oxygens (including phenoxy) is 1. The first-order valence-electron chi connectivity index (χ1n) is 8.81. The molecule has 6 heteroatoms. The lowest BCUT2D eigenvalue weighted by Gasteiger charge is -2.09. The number of nitriles is 1. The minimum absolute atomic E-state index is 0.0331. The second-order valence-electron chi connectivity index (χ2n) is 6.44. The molecule has 0 atom stereocenters. The Bertz CT molecular complexity index is 1120. The molecule has 3 aromatic rings. The second kappa shape index (κ2) is 9.18. The van der Waals surface area contributed by atoms with Crippen molar-refractivity contribution in [1.82, 2.24) is 0 Å². The van der Waals surface area contributed by atoms with Crippen molar-refractivity contribution >= 4 is 33.3 Å². The highest BCUT2D eigenvalue weighted by Gasteiger charge is 2.08. The molecule has 0 aliphatic rings. The molecule has 29 heavy (non-hydrogen) atoms. The van der Waals surface area contributed by atoms with Gasteiger partial charge in [0.25, 0.3) is 5.69 Å². The molecular formula is C23H17BrN2O3. The van der Waals surface area contributed by atoms with E-state index in [0.29, 0.717) is 16.9 Å². The third-order valence-corrected chi connectivity index (χ3v) is 4.89. The molecule has 0 amide bonds. The average molecular weight is 449 g/mol. The van der Waals surface area contributed by atoms with E-state index < -0.39 is 4.92 Å². The van der Waals surface area contributed by atoms with Gasteiger partial charge in [0.1, 0.15) is 12.4 Å². The fraction of sp³-hybridized carbons (Fsp3) is 0.0870. The molecule has 0 heterocycles. The zero-order chi connectivity index (χ0) is 20.8. The van der Waals surface area contributed by atoms with Crippen LogP contribution in [0.5, 0.6) is 5.75 Å². The molecule has 144 valence electrons. The molecule has 0 spiro atoms. The molecule has 0 radical (unpaired) electrons.